The molecular weight excluding hydrogens is 332 g/mol. The van der Waals surface area contributed by atoms with Crippen molar-refractivity contribution >= 4 is 5.91 Å². The average molecular weight is 356 g/mol. The summed E-state index contributed by atoms with van der Waals surface area (Å²) in [5, 5.41) is 7.11. The van der Waals surface area contributed by atoms with Gasteiger partial charge < -0.3 is 14.6 Å². The van der Waals surface area contributed by atoms with Crippen LogP contribution in [-0.4, -0.2) is 53.8 Å². The van der Waals surface area contributed by atoms with Crippen molar-refractivity contribution < 1.29 is 14.1 Å². The van der Waals surface area contributed by atoms with Gasteiger partial charge in [0.2, 0.25) is 5.76 Å². The Kier molecular flexibility index (Phi) is 5.26. The Hall–Kier alpha value is -2.25. The highest BCUT2D eigenvalue weighted by atomic mass is 16.5. The van der Waals surface area contributed by atoms with Crippen molar-refractivity contribution in [2.75, 3.05) is 32.8 Å². The average Bonchev–Trinajstić information content (AvgIpc) is 3.14. The fraction of sp³-hybridized carbons (Fsp3) is 0.526. The molecule has 1 aliphatic heterocycles. The van der Waals surface area contributed by atoms with E-state index in [2.05, 4.69) is 20.4 Å². The second kappa shape index (κ2) is 7.97. The number of amides is 1. The van der Waals surface area contributed by atoms with E-state index in [4.69, 9.17) is 9.26 Å². The first kappa shape index (κ1) is 17.2. The number of hydrogen-bond acceptors (Lipinski definition) is 6. The topological polar surface area (TPSA) is 80.5 Å². The van der Waals surface area contributed by atoms with Gasteiger partial charge in [-0.05, 0) is 37.8 Å². The zero-order valence-corrected chi connectivity index (χ0v) is 14.8. The van der Waals surface area contributed by atoms with E-state index in [0.29, 0.717) is 25.5 Å². The van der Waals surface area contributed by atoms with Gasteiger partial charge >= 0.3 is 0 Å². The molecule has 0 aromatic carbocycles. The Bertz CT molecular complexity index is 740. The number of aryl methyl sites for hydroxylation is 1. The van der Waals surface area contributed by atoms with Gasteiger partial charge in [0.1, 0.15) is 0 Å². The van der Waals surface area contributed by atoms with Gasteiger partial charge in [0.25, 0.3) is 5.91 Å². The number of fused-ring (bicyclic) bond motifs is 1. The molecule has 0 unspecified atom stereocenters. The first-order chi connectivity index (χ1) is 12.8. The summed E-state index contributed by atoms with van der Waals surface area (Å²) in [6, 6.07) is 5.90. The van der Waals surface area contributed by atoms with Gasteiger partial charge in [0, 0.05) is 31.4 Å². The molecule has 1 N–H and O–H groups in total. The second-order valence-electron chi connectivity index (χ2n) is 6.77. The molecule has 2 aromatic rings. The van der Waals surface area contributed by atoms with Crippen LogP contribution >= 0.6 is 0 Å². The molecule has 1 aliphatic carbocycles. The number of morpholine rings is 1. The zero-order valence-electron chi connectivity index (χ0n) is 14.8. The summed E-state index contributed by atoms with van der Waals surface area (Å²) in [4.78, 5) is 19.5. The second-order valence-corrected chi connectivity index (χ2v) is 6.77. The van der Waals surface area contributed by atoms with E-state index in [1.807, 2.05) is 18.2 Å². The van der Waals surface area contributed by atoms with Crippen LogP contribution in [0.15, 0.2) is 28.9 Å². The first-order valence-corrected chi connectivity index (χ1v) is 9.31. The minimum absolute atomic E-state index is 0.0165. The Morgan fingerprint density at radius 1 is 1.23 bits per heavy atom. The van der Waals surface area contributed by atoms with Gasteiger partial charge in [-0.1, -0.05) is 11.2 Å². The van der Waals surface area contributed by atoms with E-state index in [0.717, 1.165) is 55.7 Å². The van der Waals surface area contributed by atoms with Gasteiger partial charge in [-0.25, -0.2) is 0 Å². The largest absolute Gasteiger partial charge is 0.379 e. The highest BCUT2D eigenvalue weighted by molar-refractivity contribution is 5.93. The molecule has 1 fully saturated rings. The molecule has 138 valence electrons. The molecule has 7 nitrogen and oxygen atoms in total. The third kappa shape index (κ3) is 3.64. The predicted octanol–water partition coefficient (Wildman–Crippen LogP) is 1.75. The molecule has 26 heavy (non-hydrogen) atoms. The van der Waals surface area contributed by atoms with Crippen LogP contribution in [0.25, 0.3) is 0 Å². The molecule has 0 bridgehead atoms. The molecule has 1 saturated heterocycles. The number of carbonyl (C=O) groups excluding carboxylic acids is 1. The quantitative estimate of drug-likeness (QED) is 0.879. The Morgan fingerprint density at radius 3 is 2.88 bits per heavy atom. The Morgan fingerprint density at radius 2 is 2.08 bits per heavy atom. The Labute approximate surface area is 152 Å². The lowest BCUT2D eigenvalue weighted by atomic mass is 9.96. The molecule has 3 heterocycles. The van der Waals surface area contributed by atoms with Crippen molar-refractivity contribution in [1.82, 2.24) is 20.4 Å². The number of aromatic nitrogens is 2. The molecule has 1 atom stereocenters. The molecule has 0 saturated carbocycles. The van der Waals surface area contributed by atoms with Crippen LogP contribution in [0.4, 0.5) is 0 Å². The number of hydrogen-bond donors (Lipinski definition) is 1. The SMILES string of the molecule is O=C(NC[C@@H](c1ccccn1)N1CCOCC1)c1onc2c1CCCC2. The number of ether oxygens (including phenoxy) is 1. The Balaban J connectivity index is 1.47. The molecular formula is C19H24N4O3. The number of nitrogens with one attached hydrogen (secondary N) is 1. The van der Waals surface area contributed by atoms with E-state index >= 15 is 0 Å². The monoisotopic (exact) mass is 356 g/mol. The summed E-state index contributed by atoms with van der Waals surface area (Å²) in [6.07, 6.45) is 5.75. The van der Waals surface area contributed by atoms with E-state index in [1.165, 1.54) is 0 Å². The standard InChI is InChI=1S/C19H24N4O3/c24-19(18-14-5-1-2-6-15(14)22-26-18)21-13-17(16-7-3-4-8-20-16)23-9-11-25-12-10-23/h3-4,7-8,17H,1-2,5-6,9-13H2,(H,21,24)/t17-/m0/s1. The predicted molar refractivity (Wildman–Crippen MR) is 94.8 cm³/mol. The van der Waals surface area contributed by atoms with Crippen LogP contribution in [0.3, 0.4) is 0 Å². The summed E-state index contributed by atoms with van der Waals surface area (Å²) >= 11 is 0. The normalized spacial score (nSPS) is 18.9. The summed E-state index contributed by atoms with van der Waals surface area (Å²) in [5.74, 6) is 0.191. The molecule has 0 spiro atoms. The number of carbonyl (C=O) groups is 1. The van der Waals surface area contributed by atoms with Crippen LogP contribution in [0.5, 0.6) is 0 Å². The van der Waals surface area contributed by atoms with Gasteiger partial charge in [-0.3, -0.25) is 14.7 Å². The molecule has 4 rings (SSSR count). The van der Waals surface area contributed by atoms with Crippen LogP contribution in [0, 0.1) is 0 Å². The summed E-state index contributed by atoms with van der Waals surface area (Å²) in [7, 11) is 0. The van der Waals surface area contributed by atoms with Crippen molar-refractivity contribution in [3.63, 3.8) is 0 Å². The minimum Gasteiger partial charge on any atom is -0.379 e. The fourth-order valence-corrected chi connectivity index (χ4v) is 3.72. The summed E-state index contributed by atoms with van der Waals surface area (Å²) < 4.78 is 10.8. The van der Waals surface area contributed by atoms with Crippen molar-refractivity contribution in [2.24, 2.45) is 0 Å². The van der Waals surface area contributed by atoms with Crippen molar-refractivity contribution in [3.05, 3.63) is 47.1 Å². The van der Waals surface area contributed by atoms with E-state index < -0.39 is 0 Å². The lowest BCUT2D eigenvalue weighted by molar-refractivity contribution is 0.0153. The van der Waals surface area contributed by atoms with Crippen LogP contribution in [-0.2, 0) is 17.6 Å². The lowest BCUT2D eigenvalue weighted by Gasteiger charge is -2.34. The number of pyridine rings is 1. The first-order valence-electron chi connectivity index (χ1n) is 9.31. The van der Waals surface area contributed by atoms with E-state index in [-0.39, 0.29) is 11.9 Å². The van der Waals surface area contributed by atoms with Crippen molar-refractivity contribution in [3.8, 4) is 0 Å². The number of rotatable bonds is 5. The maximum absolute atomic E-state index is 12.7. The molecule has 2 aromatic heterocycles. The highest BCUT2D eigenvalue weighted by Crippen LogP contribution is 2.24. The summed E-state index contributed by atoms with van der Waals surface area (Å²) in [6.45, 7) is 3.54. The van der Waals surface area contributed by atoms with Crippen LogP contribution < -0.4 is 5.32 Å². The van der Waals surface area contributed by atoms with Crippen molar-refractivity contribution in [1.29, 1.82) is 0 Å². The van der Waals surface area contributed by atoms with Crippen LogP contribution in [0.1, 0.15) is 46.4 Å². The van der Waals surface area contributed by atoms with Crippen LogP contribution in [0.2, 0.25) is 0 Å². The fourth-order valence-electron chi connectivity index (χ4n) is 3.72. The molecule has 0 radical (unpaired) electrons. The summed E-state index contributed by atoms with van der Waals surface area (Å²) in [5.41, 5.74) is 2.87. The van der Waals surface area contributed by atoms with Gasteiger partial charge in [0.15, 0.2) is 0 Å². The third-order valence-corrected chi connectivity index (χ3v) is 5.14. The van der Waals surface area contributed by atoms with E-state index in [9.17, 15) is 4.79 Å². The van der Waals surface area contributed by atoms with Gasteiger partial charge in [-0.15, -0.1) is 0 Å². The molecule has 7 heteroatoms. The molecule has 2 aliphatic rings. The zero-order chi connectivity index (χ0) is 17.8. The van der Waals surface area contributed by atoms with E-state index in [1.54, 1.807) is 6.20 Å². The molecule has 1 amide bonds. The number of nitrogens with zero attached hydrogens (tertiary/aromatic N) is 3. The minimum atomic E-state index is -0.185. The highest BCUT2D eigenvalue weighted by Gasteiger charge is 2.27. The van der Waals surface area contributed by atoms with Gasteiger partial charge in [-0.2, -0.15) is 0 Å². The third-order valence-electron chi connectivity index (χ3n) is 5.14. The maximum atomic E-state index is 12.7. The van der Waals surface area contributed by atoms with Gasteiger partial charge in [0.05, 0.1) is 30.6 Å². The lowest BCUT2D eigenvalue weighted by Crippen LogP contribution is -2.44. The smallest absolute Gasteiger partial charge is 0.290 e. The maximum Gasteiger partial charge on any atom is 0.290 e. The van der Waals surface area contributed by atoms with Crippen molar-refractivity contribution in [2.45, 2.75) is 31.7 Å².